The van der Waals surface area contributed by atoms with Gasteiger partial charge in [-0.3, -0.25) is 9.36 Å². The van der Waals surface area contributed by atoms with Crippen LogP contribution in [-0.2, 0) is 17.9 Å². The Kier molecular flexibility index (Phi) is 5.07. The molecule has 0 bridgehead atoms. The zero-order chi connectivity index (χ0) is 16.2. The van der Waals surface area contributed by atoms with Crippen LogP contribution in [0.15, 0.2) is 46.8 Å². The highest BCUT2D eigenvalue weighted by atomic mass is 35.5. The fourth-order valence-corrected chi connectivity index (χ4v) is 3.05. The molecule has 1 atom stereocenters. The van der Waals surface area contributed by atoms with Crippen molar-refractivity contribution >= 4 is 33.2 Å². The molecule has 0 aliphatic rings. The number of thiophene rings is 1. The largest absolute Gasteiger partial charge is 0.389 e. The van der Waals surface area contributed by atoms with Crippen molar-refractivity contribution in [2.45, 2.75) is 19.3 Å². The molecule has 7 heteroatoms. The van der Waals surface area contributed by atoms with Gasteiger partial charge in [0.1, 0.15) is 4.83 Å². The second kappa shape index (κ2) is 7.23. The monoisotopic (exact) mass is 350 g/mol. The molecule has 3 aromatic rings. The van der Waals surface area contributed by atoms with Crippen molar-refractivity contribution in [3.8, 4) is 0 Å². The van der Waals surface area contributed by atoms with Crippen molar-refractivity contribution in [1.82, 2.24) is 9.55 Å². The van der Waals surface area contributed by atoms with E-state index in [9.17, 15) is 9.90 Å². The number of hydrogen-bond donors (Lipinski definition) is 1. The number of aliphatic hydroxyl groups excluding tert-OH is 1. The maximum Gasteiger partial charge on any atom is 0.262 e. The minimum Gasteiger partial charge on any atom is -0.389 e. The highest BCUT2D eigenvalue weighted by molar-refractivity contribution is 7.16. The second-order valence-electron chi connectivity index (χ2n) is 5.14. The van der Waals surface area contributed by atoms with E-state index in [1.54, 1.807) is 18.2 Å². The lowest BCUT2D eigenvalue weighted by molar-refractivity contribution is 0.0198. The van der Waals surface area contributed by atoms with Gasteiger partial charge in [-0.2, -0.15) is 0 Å². The summed E-state index contributed by atoms with van der Waals surface area (Å²) < 4.78 is 6.89. The molecule has 0 saturated heterocycles. The Labute approximate surface area is 141 Å². The SMILES string of the molecule is O=c1c2ccsc2ncn1CC(O)COCc1ccc(Cl)cc1. The maximum absolute atomic E-state index is 12.2. The van der Waals surface area contributed by atoms with Crippen LogP contribution in [-0.4, -0.2) is 27.4 Å². The molecule has 1 N–H and O–H groups in total. The Morgan fingerprint density at radius 1 is 1.30 bits per heavy atom. The number of benzene rings is 1. The molecule has 1 aromatic carbocycles. The van der Waals surface area contributed by atoms with Crippen molar-refractivity contribution in [1.29, 1.82) is 0 Å². The van der Waals surface area contributed by atoms with Gasteiger partial charge in [0.25, 0.3) is 5.56 Å². The van der Waals surface area contributed by atoms with E-state index >= 15 is 0 Å². The van der Waals surface area contributed by atoms with E-state index in [2.05, 4.69) is 4.98 Å². The molecule has 0 radical (unpaired) electrons. The van der Waals surface area contributed by atoms with E-state index < -0.39 is 6.10 Å². The van der Waals surface area contributed by atoms with Crippen LogP contribution in [0, 0.1) is 0 Å². The van der Waals surface area contributed by atoms with Crippen molar-refractivity contribution in [3.63, 3.8) is 0 Å². The van der Waals surface area contributed by atoms with Crippen LogP contribution < -0.4 is 5.56 Å². The van der Waals surface area contributed by atoms with Crippen LogP contribution in [0.4, 0.5) is 0 Å². The molecule has 0 aliphatic heterocycles. The minimum atomic E-state index is -0.780. The topological polar surface area (TPSA) is 64.4 Å². The summed E-state index contributed by atoms with van der Waals surface area (Å²) >= 11 is 7.24. The number of nitrogens with zero attached hydrogens (tertiary/aromatic N) is 2. The first-order valence-corrected chi connectivity index (χ1v) is 8.32. The fourth-order valence-electron chi connectivity index (χ4n) is 2.20. The molecule has 0 fully saturated rings. The van der Waals surface area contributed by atoms with Gasteiger partial charge in [0.15, 0.2) is 0 Å². The first kappa shape index (κ1) is 16.1. The molecule has 0 amide bonds. The van der Waals surface area contributed by atoms with Gasteiger partial charge >= 0.3 is 0 Å². The number of fused-ring (bicyclic) bond motifs is 1. The summed E-state index contributed by atoms with van der Waals surface area (Å²) in [5.74, 6) is 0. The highest BCUT2D eigenvalue weighted by Crippen LogP contribution is 2.13. The van der Waals surface area contributed by atoms with Gasteiger partial charge in [0.2, 0.25) is 0 Å². The number of halogens is 1. The number of aliphatic hydroxyl groups is 1. The first-order chi connectivity index (χ1) is 11.1. The molecule has 0 saturated carbocycles. The Bertz CT molecular complexity index is 844. The lowest BCUT2D eigenvalue weighted by Crippen LogP contribution is -2.29. The van der Waals surface area contributed by atoms with Crippen molar-refractivity contribution in [2.24, 2.45) is 0 Å². The van der Waals surface area contributed by atoms with Gasteiger partial charge in [0.05, 0.1) is 37.6 Å². The lowest BCUT2D eigenvalue weighted by Gasteiger charge is -2.13. The van der Waals surface area contributed by atoms with Crippen molar-refractivity contribution < 1.29 is 9.84 Å². The van der Waals surface area contributed by atoms with Crippen LogP contribution in [0.25, 0.3) is 10.2 Å². The molecule has 0 aliphatic carbocycles. The average Bonchev–Trinajstić information content (AvgIpc) is 3.01. The van der Waals surface area contributed by atoms with E-state index in [4.69, 9.17) is 16.3 Å². The number of ether oxygens (including phenoxy) is 1. The van der Waals surface area contributed by atoms with Gasteiger partial charge < -0.3 is 9.84 Å². The Hall–Kier alpha value is -1.73. The lowest BCUT2D eigenvalue weighted by atomic mass is 10.2. The summed E-state index contributed by atoms with van der Waals surface area (Å²) in [4.78, 5) is 17.1. The number of hydrogen-bond acceptors (Lipinski definition) is 5. The predicted octanol–water partition coefficient (Wildman–Crippen LogP) is 2.69. The normalized spacial score (nSPS) is 12.6. The molecule has 2 heterocycles. The van der Waals surface area contributed by atoms with Gasteiger partial charge in [0, 0.05) is 5.02 Å². The van der Waals surface area contributed by atoms with Crippen molar-refractivity contribution in [3.05, 3.63) is 63.0 Å². The van der Waals surface area contributed by atoms with Crippen LogP contribution in [0.3, 0.4) is 0 Å². The molecular weight excluding hydrogens is 336 g/mol. The number of aromatic nitrogens is 2. The summed E-state index contributed by atoms with van der Waals surface area (Å²) in [6.07, 6.45) is 0.682. The first-order valence-electron chi connectivity index (χ1n) is 7.06. The molecule has 1 unspecified atom stereocenters. The fraction of sp³-hybridized carbons (Fsp3) is 0.250. The van der Waals surface area contributed by atoms with Crippen LogP contribution in [0.5, 0.6) is 0 Å². The summed E-state index contributed by atoms with van der Waals surface area (Å²) in [5.41, 5.74) is 0.827. The van der Waals surface area contributed by atoms with Crippen molar-refractivity contribution in [2.75, 3.05) is 6.61 Å². The molecule has 0 spiro atoms. The highest BCUT2D eigenvalue weighted by Gasteiger charge is 2.10. The van der Waals surface area contributed by atoms with Crippen LogP contribution in [0.2, 0.25) is 5.02 Å². The zero-order valence-corrected chi connectivity index (χ0v) is 13.8. The van der Waals surface area contributed by atoms with E-state index in [1.165, 1.54) is 22.2 Å². The van der Waals surface area contributed by atoms with E-state index in [0.717, 1.165) is 5.56 Å². The molecular formula is C16H15ClN2O3S. The zero-order valence-electron chi connectivity index (χ0n) is 12.2. The van der Waals surface area contributed by atoms with Crippen LogP contribution in [0.1, 0.15) is 5.56 Å². The Morgan fingerprint density at radius 3 is 2.87 bits per heavy atom. The summed E-state index contributed by atoms with van der Waals surface area (Å²) in [7, 11) is 0. The van der Waals surface area contributed by atoms with Gasteiger partial charge in [-0.1, -0.05) is 23.7 Å². The summed E-state index contributed by atoms with van der Waals surface area (Å²) in [6.45, 7) is 0.667. The van der Waals surface area contributed by atoms with E-state index in [-0.39, 0.29) is 18.7 Å². The van der Waals surface area contributed by atoms with Gasteiger partial charge in [-0.15, -0.1) is 11.3 Å². The molecule has 120 valence electrons. The molecule has 3 rings (SSSR count). The second-order valence-corrected chi connectivity index (χ2v) is 6.47. The summed E-state index contributed by atoms with van der Waals surface area (Å²) in [6, 6.07) is 9.06. The number of rotatable bonds is 6. The van der Waals surface area contributed by atoms with Gasteiger partial charge in [-0.25, -0.2) is 4.98 Å². The minimum absolute atomic E-state index is 0.136. The smallest absolute Gasteiger partial charge is 0.262 e. The van der Waals surface area contributed by atoms with E-state index in [0.29, 0.717) is 21.8 Å². The summed E-state index contributed by atoms with van der Waals surface area (Å²) in [5, 5.41) is 13.1. The third kappa shape index (κ3) is 3.97. The third-order valence-corrected chi connectivity index (χ3v) is 4.42. The van der Waals surface area contributed by atoms with Gasteiger partial charge in [-0.05, 0) is 29.1 Å². The predicted molar refractivity (Wildman–Crippen MR) is 91.0 cm³/mol. The Balaban J connectivity index is 1.56. The maximum atomic E-state index is 12.2. The average molecular weight is 351 g/mol. The van der Waals surface area contributed by atoms with Crippen LogP contribution >= 0.6 is 22.9 Å². The third-order valence-electron chi connectivity index (χ3n) is 3.35. The molecule has 2 aromatic heterocycles. The Morgan fingerprint density at radius 2 is 2.09 bits per heavy atom. The molecule has 23 heavy (non-hydrogen) atoms. The van der Waals surface area contributed by atoms with E-state index in [1.807, 2.05) is 17.5 Å². The standard InChI is InChI=1S/C16H15ClN2O3S/c17-12-3-1-11(2-4-12)8-22-9-13(20)7-19-10-18-15-14(16(19)21)5-6-23-15/h1-6,10,13,20H,7-9H2. The molecule has 5 nitrogen and oxygen atoms in total. The quantitative estimate of drug-likeness (QED) is 0.742.